The van der Waals surface area contributed by atoms with Gasteiger partial charge in [0, 0.05) is 9.79 Å². The topological polar surface area (TPSA) is 9.23 Å². The molecule has 2 aromatic rings. The molecule has 3 rings (SSSR count). The van der Waals surface area contributed by atoms with Gasteiger partial charge in [-0.2, -0.15) is 0 Å². The van der Waals surface area contributed by atoms with Crippen LogP contribution in [0, 0.1) is 0 Å². The number of hydrogen-bond donors (Lipinski definition) is 0. The van der Waals surface area contributed by atoms with Gasteiger partial charge in [0.15, 0.2) is 0 Å². The Morgan fingerprint density at radius 1 is 0.842 bits per heavy atom. The summed E-state index contributed by atoms with van der Waals surface area (Å²) in [7, 11) is 1.70. The second-order valence-electron chi connectivity index (χ2n) is 4.60. The fraction of sp³-hybridized carbons (Fsp3) is 0.250. The summed E-state index contributed by atoms with van der Waals surface area (Å²) in [5, 5.41) is 0. The largest absolute Gasteiger partial charge is 0.497 e. The van der Waals surface area contributed by atoms with Crippen molar-refractivity contribution in [3.8, 4) is 5.75 Å². The molecule has 1 saturated carbocycles. The highest BCUT2D eigenvalue weighted by Gasteiger charge is 2.44. The molecule has 0 aromatic heterocycles. The van der Waals surface area contributed by atoms with Crippen molar-refractivity contribution in [2.75, 3.05) is 7.11 Å². The Morgan fingerprint density at radius 3 is 1.95 bits per heavy atom. The lowest BCUT2D eigenvalue weighted by molar-refractivity contribution is 0.414. The van der Waals surface area contributed by atoms with Gasteiger partial charge in [-0.25, -0.2) is 0 Å². The van der Waals surface area contributed by atoms with Gasteiger partial charge < -0.3 is 4.74 Å². The van der Waals surface area contributed by atoms with Crippen molar-refractivity contribution in [2.45, 2.75) is 26.7 Å². The maximum Gasteiger partial charge on any atom is 0.118 e. The highest BCUT2D eigenvalue weighted by atomic mass is 32.2. The minimum atomic E-state index is 0.343. The maximum absolute atomic E-state index is 5.20. The Hall–Kier alpha value is -1.06. The van der Waals surface area contributed by atoms with Crippen molar-refractivity contribution >= 4 is 23.5 Å². The summed E-state index contributed by atoms with van der Waals surface area (Å²) in [5.41, 5.74) is 0. The van der Waals surface area contributed by atoms with E-state index < -0.39 is 0 Å². The van der Waals surface area contributed by atoms with Crippen LogP contribution < -0.4 is 4.74 Å². The summed E-state index contributed by atoms with van der Waals surface area (Å²) >= 11 is 3.97. The molecule has 0 atom stereocenters. The molecule has 0 radical (unpaired) electrons. The molecule has 0 amide bonds. The first-order valence-electron chi connectivity index (χ1n) is 6.37. The van der Waals surface area contributed by atoms with Gasteiger partial charge in [0.05, 0.1) is 11.2 Å². The van der Waals surface area contributed by atoms with E-state index in [4.69, 9.17) is 4.74 Å². The Balaban J connectivity index is 1.68. The highest BCUT2D eigenvalue weighted by molar-refractivity contribution is 8.18. The predicted octanol–water partition coefficient (Wildman–Crippen LogP) is 5.07. The van der Waals surface area contributed by atoms with Crippen molar-refractivity contribution in [2.24, 2.45) is 0 Å². The number of rotatable bonds is 5. The van der Waals surface area contributed by atoms with Gasteiger partial charge in [0.1, 0.15) is 5.75 Å². The molecule has 0 N–H and O–H groups in total. The number of ether oxygens (including phenoxy) is 1. The lowest BCUT2D eigenvalue weighted by Crippen LogP contribution is -1.95. The van der Waals surface area contributed by atoms with E-state index in [0.29, 0.717) is 4.08 Å². The minimum Gasteiger partial charge on any atom is -0.497 e. The van der Waals surface area contributed by atoms with Crippen LogP contribution in [0.5, 0.6) is 5.75 Å². The molecule has 19 heavy (non-hydrogen) atoms. The zero-order valence-corrected chi connectivity index (χ0v) is 12.5. The van der Waals surface area contributed by atoms with Crippen LogP contribution in [0.2, 0.25) is 0 Å². The second-order valence-corrected chi connectivity index (χ2v) is 7.78. The van der Waals surface area contributed by atoms with Crippen LogP contribution in [0.4, 0.5) is 0 Å². The maximum atomic E-state index is 5.20. The van der Waals surface area contributed by atoms with E-state index in [1.165, 1.54) is 22.6 Å². The Labute approximate surface area is 122 Å². The monoisotopic (exact) mass is 288 g/mol. The van der Waals surface area contributed by atoms with Crippen molar-refractivity contribution in [3.63, 3.8) is 0 Å². The Bertz CT molecular complexity index is 532. The van der Waals surface area contributed by atoms with E-state index in [1.807, 2.05) is 35.7 Å². The third-order valence-corrected chi connectivity index (χ3v) is 6.14. The molecule has 3 heteroatoms. The van der Waals surface area contributed by atoms with Crippen LogP contribution >= 0.6 is 23.5 Å². The fourth-order valence-corrected chi connectivity index (χ4v) is 4.67. The normalized spacial score (nSPS) is 16.1. The minimum absolute atomic E-state index is 0.343. The summed E-state index contributed by atoms with van der Waals surface area (Å²) in [5.74, 6) is 0.921. The molecule has 2 aromatic carbocycles. The molecule has 1 aliphatic rings. The van der Waals surface area contributed by atoms with Crippen LogP contribution in [0.3, 0.4) is 0 Å². The first-order valence-corrected chi connectivity index (χ1v) is 8.00. The average Bonchev–Trinajstić information content (AvgIpc) is 3.20. The van der Waals surface area contributed by atoms with Crippen molar-refractivity contribution < 1.29 is 4.74 Å². The predicted molar refractivity (Wildman–Crippen MR) is 83.1 cm³/mol. The fourth-order valence-electron chi connectivity index (χ4n) is 1.89. The third kappa shape index (κ3) is 3.28. The Morgan fingerprint density at radius 2 is 1.42 bits per heavy atom. The number of hydrogen-bond acceptors (Lipinski definition) is 3. The van der Waals surface area contributed by atoms with E-state index in [0.717, 1.165) is 5.75 Å². The van der Waals surface area contributed by atoms with Crippen LogP contribution in [0.1, 0.15) is 12.8 Å². The molecule has 1 fully saturated rings. The molecule has 0 aliphatic heterocycles. The van der Waals surface area contributed by atoms with Gasteiger partial charge in [-0.1, -0.05) is 18.2 Å². The summed E-state index contributed by atoms with van der Waals surface area (Å²) < 4.78 is 5.54. The second kappa shape index (κ2) is 5.51. The van der Waals surface area contributed by atoms with Gasteiger partial charge in [0.25, 0.3) is 0 Å². The molecular formula is C16H16OS2. The third-order valence-electron chi connectivity index (χ3n) is 3.07. The zero-order chi connectivity index (χ0) is 13.1. The summed E-state index contributed by atoms with van der Waals surface area (Å²) in [6.45, 7) is 0. The van der Waals surface area contributed by atoms with E-state index in [9.17, 15) is 0 Å². The molecule has 0 spiro atoms. The quantitative estimate of drug-likeness (QED) is 0.711. The molecule has 0 saturated heterocycles. The molecule has 0 heterocycles. The first kappa shape index (κ1) is 12.9. The van der Waals surface area contributed by atoms with Gasteiger partial charge in [0.2, 0.25) is 0 Å². The molecule has 1 aliphatic carbocycles. The number of thioether (sulfide) groups is 2. The van der Waals surface area contributed by atoms with E-state index in [2.05, 4.69) is 42.5 Å². The first-order chi connectivity index (χ1) is 9.30. The Kier molecular flexibility index (Phi) is 3.76. The van der Waals surface area contributed by atoms with Crippen LogP contribution in [-0.4, -0.2) is 11.2 Å². The summed E-state index contributed by atoms with van der Waals surface area (Å²) in [6.07, 6.45) is 2.56. The van der Waals surface area contributed by atoms with Crippen molar-refractivity contribution in [3.05, 3.63) is 54.6 Å². The highest BCUT2D eigenvalue weighted by Crippen LogP contribution is 2.61. The van der Waals surface area contributed by atoms with Crippen LogP contribution in [0.15, 0.2) is 64.4 Å². The van der Waals surface area contributed by atoms with E-state index in [-0.39, 0.29) is 0 Å². The van der Waals surface area contributed by atoms with Gasteiger partial charge in [-0.05, 0) is 49.2 Å². The van der Waals surface area contributed by atoms with Gasteiger partial charge in [-0.3, -0.25) is 0 Å². The smallest absolute Gasteiger partial charge is 0.118 e. The number of methoxy groups -OCH3 is 1. The lowest BCUT2D eigenvalue weighted by atomic mass is 10.3. The summed E-state index contributed by atoms with van der Waals surface area (Å²) in [6, 6.07) is 19.0. The van der Waals surface area contributed by atoms with Crippen LogP contribution in [0.25, 0.3) is 0 Å². The number of benzene rings is 2. The molecule has 0 unspecified atom stereocenters. The van der Waals surface area contributed by atoms with E-state index >= 15 is 0 Å². The van der Waals surface area contributed by atoms with Crippen molar-refractivity contribution in [1.82, 2.24) is 0 Å². The zero-order valence-electron chi connectivity index (χ0n) is 10.8. The summed E-state index contributed by atoms with van der Waals surface area (Å²) in [4.78, 5) is 2.68. The molecular weight excluding hydrogens is 272 g/mol. The van der Waals surface area contributed by atoms with E-state index in [1.54, 1.807) is 7.11 Å². The van der Waals surface area contributed by atoms with Gasteiger partial charge in [-0.15, -0.1) is 23.5 Å². The van der Waals surface area contributed by atoms with Crippen LogP contribution in [-0.2, 0) is 0 Å². The molecule has 1 nitrogen and oxygen atoms in total. The molecule has 98 valence electrons. The SMILES string of the molecule is COc1ccc(SC2(Sc3ccccc3)CC2)cc1. The standard InChI is InChI=1S/C16H16OS2/c1-17-13-7-9-15(10-8-13)19-16(11-12-16)18-14-5-3-2-4-6-14/h2-10H,11-12H2,1H3. The van der Waals surface area contributed by atoms with Crippen molar-refractivity contribution in [1.29, 1.82) is 0 Å². The molecule has 0 bridgehead atoms. The lowest BCUT2D eigenvalue weighted by Gasteiger charge is -2.14. The average molecular weight is 288 g/mol. The van der Waals surface area contributed by atoms with Gasteiger partial charge >= 0.3 is 0 Å².